The maximum atomic E-state index is 12.1. The van der Waals surface area contributed by atoms with Crippen LogP contribution in [0.25, 0.3) is 0 Å². The Balaban J connectivity index is 3.06. The molecule has 0 unspecified atom stereocenters. The molecule has 0 fully saturated rings. The molecule has 0 aliphatic rings. The first-order valence-corrected chi connectivity index (χ1v) is 2.48. The number of benzene rings is 1. The molecule has 0 saturated carbocycles. The van der Waals surface area contributed by atoms with E-state index in [1.54, 1.807) is 0 Å². The standard InChI is InChI=1S/C7H4FN/c8-7-3-1-6(5-9)2-4-7/h1-4H/i8-1. The zero-order valence-electron chi connectivity index (χ0n) is 4.63. The molecule has 0 bridgehead atoms. The second-order valence-corrected chi connectivity index (χ2v) is 1.62. The number of hydrogen-bond acceptors (Lipinski definition) is 1. The van der Waals surface area contributed by atoms with Gasteiger partial charge in [-0.25, -0.2) is 4.39 Å². The third-order valence-corrected chi connectivity index (χ3v) is 0.973. The Morgan fingerprint density at radius 2 is 1.78 bits per heavy atom. The first kappa shape index (κ1) is 5.77. The number of nitrogens with zero attached hydrogens (tertiary/aromatic N) is 1. The van der Waals surface area contributed by atoms with Gasteiger partial charge in [0, 0.05) is 0 Å². The Bertz CT molecular complexity index is 232. The zero-order valence-corrected chi connectivity index (χ0v) is 4.63. The van der Waals surface area contributed by atoms with Gasteiger partial charge in [-0.05, 0) is 24.3 Å². The van der Waals surface area contributed by atoms with Crippen molar-refractivity contribution < 1.29 is 4.39 Å². The highest BCUT2D eigenvalue weighted by molar-refractivity contribution is 5.28. The van der Waals surface area contributed by atoms with E-state index >= 15 is 0 Å². The van der Waals surface area contributed by atoms with Gasteiger partial charge in [0.15, 0.2) is 0 Å². The Kier molecular flexibility index (Phi) is 1.46. The summed E-state index contributed by atoms with van der Waals surface area (Å²) in [4.78, 5) is 0. The Labute approximate surface area is 52.4 Å². The Morgan fingerprint density at radius 3 is 2.22 bits per heavy atom. The van der Waals surface area contributed by atoms with Gasteiger partial charge in [-0.15, -0.1) is 0 Å². The van der Waals surface area contributed by atoms with Gasteiger partial charge in [0.05, 0.1) is 11.6 Å². The maximum absolute atomic E-state index is 12.1. The number of rotatable bonds is 0. The lowest BCUT2D eigenvalue weighted by atomic mass is 10.2. The predicted molar refractivity (Wildman–Crippen MR) is 31.1 cm³/mol. The quantitative estimate of drug-likeness (QED) is 0.511. The van der Waals surface area contributed by atoms with Crippen LogP contribution >= 0.6 is 0 Å². The molecule has 1 aromatic rings. The summed E-state index contributed by atoms with van der Waals surface area (Å²) >= 11 is 0. The molecule has 44 valence electrons. The summed E-state index contributed by atoms with van der Waals surface area (Å²) in [5.74, 6) is -0.311. The topological polar surface area (TPSA) is 23.8 Å². The molecular weight excluding hydrogens is 116 g/mol. The van der Waals surface area contributed by atoms with Crippen LogP contribution in [0.1, 0.15) is 5.56 Å². The second kappa shape index (κ2) is 2.27. The first-order chi connectivity index (χ1) is 4.33. The van der Waals surface area contributed by atoms with Crippen LogP contribution in [-0.4, -0.2) is 0 Å². The highest BCUT2D eigenvalue weighted by Crippen LogP contribution is 1.99. The molecule has 1 aromatic carbocycles. The van der Waals surface area contributed by atoms with Crippen LogP contribution < -0.4 is 0 Å². The van der Waals surface area contributed by atoms with Crippen molar-refractivity contribution in [2.75, 3.05) is 0 Å². The SMILES string of the molecule is N#Cc1ccc([18F])cc1. The third-order valence-electron chi connectivity index (χ3n) is 0.973. The van der Waals surface area contributed by atoms with E-state index in [1.807, 2.05) is 6.07 Å². The van der Waals surface area contributed by atoms with Gasteiger partial charge in [0.25, 0.3) is 0 Å². The zero-order chi connectivity index (χ0) is 6.69. The highest BCUT2D eigenvalue weighted by atomic mass is 18.2. The van der Waals surface area contributed by atoms with E-state index in [1.165, 1.54) is 24.3 Å². The molecule has 0 aliphatic heterocycles. The molecule has 0 N–H and O–H groups in total. The summed E-state index contributed by atoms with van der Waals surface area (Å²) in [6, 6.07) is 7.29. The molecule has 9 heavy (non-hydrogen) atoms. The second-order valence-electron chi connectivity index (χ2n) is 1.62. The molecule has 0 atom stereocenters. The van der Waals surface area contributed by atoms with Gasteiger partial charge in [-0.1, -0.05) is 0 Å². The van der Waals surface area contributed by atoms with Crippen molar-refractivity contribution in [2.24, 2.45) is 0 Å². The summed E-state index contributed by atoms with van der Waals surface area (Å²) in [7, 11) is 0. The lowest BCUT2D eigenvalue weighted by molar-refractivity contribution is 0.627. The van der Waals surface area contributed by atoms with Crippen LogP contribution in [0.4, 0.5) is 4.39 Å². The van der Waals surface area contributed by atoms with Gasteiger partial charge in [-0.3, -0.25) is 0 Å². The molecule has 1 rings (SSSR count). The van der Waals surface area contributed by atoms with Crippen molar-refractivity contribution in [3.8, 4) is 6.07 Å². The van der Waals surface area contributed by atoms with Crippen molar-refractivity contribution >= 4 is 0 Å². The summed E-state index contributed by atoms with van der Waals surface area (Å²) in [6.45, 7) is 0. The molecule has 2 heteroatoms. The minimum absolute atomic E-state index is 0.311. The van der Waals surface area contributed by atoms with Crippen LogP contribution in [0.2, 0.25) is 0 Å². The monoisotopic (exact) mass is 120 g/mol. The summed E-state index contributed by atoms with van der Waals surface area (Å²) in [5, 5.41) is 8.26. The smallest absolute Gasteiger partial charge is 0.123 e. The average molecular weight is 120 g/mol. The van der Waals surface area contributed by atoms with Gasteiger partial charge >= 0.3 is 0 Å². The van der Waals surface area contributed by atoms with E-state index in [0.717, 1.165) is 0 Å². The van der Waals surface area contributed by atoms with E-state index in [-0.39, 0.29) is 5.82 Å². The van der Waals surface area contributed by atoms with Crippen LogP contribution in [0.5, 0.6) is 0 Å². The summed E-state index contributed by atoms with van der Waals surface area (Å²) in [5.41, 5.74) is 0.483. The highest BCUT2D eigenvalue weighted by Gasteiger charge is 1.87. The van der Waals surface area contributed by atoms with E-state index in [4.69, 9.17) is 5.26 Å². The Morgan fingerprint density at radius 1 is 1.22 bits per heavy atom. The molecule has 0 radical (unpaired) electrons. The van der Waals surface area contributed by atoms with Gasteiger partial charge in [-0.2, -0.15) is 5.26 Å². The summed E-state index contributed by atoms with van der Waals surface area (Å²) in [6.07, 6.45) is 0. The third kappa shape index (κ3) is 1.26. The minimum atomic E-state index is -0.311. The molecule has 0 aliphatic carbocycles. The van der Waals surface area contributed by atoms with Crippen LogP contribution in [0.15, 0.2) is 24.3 Å². The van der Waals surface area contributed by atoms with Crippen molar-refractivity contribution in [3.05, 3.63) is 35.6 Å². The van der Waals surface area contributed by atoms with Crippen molar-refractivity contribution in [2.45, 2.75) is 0 Å². The molecular formula is C7H4FN. The van der Waals surface area contributed by atoms with Crippen molar-refractivity contribution in [1.29, 1.82) is 5.26 Å². The number of halogens is 1. The van der Waals surface area contributed by atoms with Crippen LogP contribution in [0, 0.1) is 17.1 Å². The fourth-order valence-corrected chi connectivity index (χ4v) is 0.524. The van der Waals surface area contributed by atoms with Crippen LogP contribution in [0.3, 0.4) is 0 Å². The molecule has 0 saturated heterocycles. The fraction of sp³-hybridized carbons (Fsp3) is 0. The van der Waals surface area contributed by atoms with E-state index in [9.17, 15) is 4.39 Å². The summed E-state index contributed by atoms with van der Waals surface area (Å²) < 4.78 is 12.1. The molecule has 1 nitrogen and oxygen atoms in total. The van der Waals surface area contributed by atoms with Gasteiger partial charge < -0.3 is 0 Å². The average Bonchev–Trinajstić information content (AvgIpc) is 1.90. The van der Waals surface area contributed by atoms with Gasteiger partial charge in [0.1, 0.15) is 5.82 Å². The predicted octanol–water partition coefficient (Wildman–Crippen LogP) is 1.70. The molecule has 0 aromatic heterocycles. The van der Waals surface area contributed by atoms with Crippen LogP contribution in [-0.2, 0) is 0 Å². The van der Waals surface area contributed by atoms with E-state index in [2.05, 4.69) is 0 Å². The van der Waals surface area contributed by atoms with Crippen molar-refractivity contribution in [1.82, 2.24) is 0 Å². The maximum Gasteiger partial charge on any atom is 0.123 e. The molecule has 0 amide bonds. The van der Waals surface area contributed by atoms with Crippen molar-refractivity contribution in [3.63, 3.8) is 0 Å². The largest absolute Gasteiger partial charge is 0.207 e. The fourth-order valence-electron chi connectivity index (χ4n) is 0.524. The molecule has 0 heterocycles. The Hall–Kier alpha value is -1.36. The lowest BCUT2D eigenvalue weighted by Gasteiger charge is -1.84. The number of hydrogen-bond donors (Lipinski definition) is 0. The minimum Gasteiger partial charge on any atom is -0.207 e. The normalized spacial score (nSPS) is 8.44. The van der Waals surface area contributed by atoms with E-state index in [0.29, 0.717) is 5.56 Å². The van der Waals surface area contributed by atoms with E-state index < -0.39 is 0 Å². The van der Waals surface area contributed by atoms with Gasteiger partial charge in [0.2, 0.25) is 0 Å². The lowest BCUT2D eigenvalue weighted by Crippen LogP contribution is -1.73. The first-order valence-electron chi connectivity index (χ1n) is 2.48. The molecule has 0 spiro atoms. The number of nitriles is 1.